The van der Waals surface area contributed by atoms with Crippen molar-refractivity contribution in [3.8, 4) is 16.2 Å². The highest BCUT2D eigenvalue weighted by Gasteiger charge is 2.23. The van der Waals surface area contributed by atoms with Crippen molar-refractivity contribution in [1.82, 2.24) is 9.88 Å². The monoisotopic (exact) mass is 469 g/mol. The third kappa shape index (κ3) is 5.61. The zero-order valence-electron chi connectivity index (χ0n) is 19.0. The number of hydrogen-bond acceptors (Lipinski definition) is 6. The Labute approximate surface area is 195 Å². The summed E-state index contributed by atoms with van der Waals surface area (Å²) >= 11 is 1.47. The SMILES string of the molecule is CCOC(=O)C[C@H](NC(=O)Nc1c(O)ccn(C)c1=O)c1ccc(-c2c(C)cccc2C)s1. The summed E-state index contributed by atoms with van der Waals surface area (Å²) in [5.74, 6) is -0.799. The van der Waals surface area contributed by atoms with E-state index in [1.165, 1.54) is 35.2 Å². The molecule has 0 saturated carbocycles. The zero-order valence-corrected chi connectivity index (χ0v) is 19.8. The van der Waals surface area contributed by atoms with Crippen molar-refractivity contribution < 1.29 is 19.4 Å². The van der Waals surface area contributed by atoms with Crippen molar-refractivity contribution in [2.75, 3.05) is 11.9 Å². The molecule has 0 spiro atoms. The number of benzene rings is 1. The second-order valence-corrected chi connectivity index (χ2v) is 8.74. The molecule has 1 atom stereocenters. The van der Waals surface area contributed by atoms with E-state index >= 15 is 0 Å². The third-order valence-corrected chi connectivity index (χ3v) is 6.38. The van der Waals surface area contributed by atoms with E-state index in [0.717, 1.165) is 26.4 Å². The van der Waals surface area contributed by atoms with E-state index in [9.17, 15) is 19.5 Å². The van der Waals surface area contributed by atoms with Crippen LogP contribution in [0.4, 0.5) is 10.5 Å². The molecule has 3 rings (SSSR count). The minimum Gasteiger partial charge on any atom is -0.505 e. The van der Waals surface area contributed by atoms with Gasteiger partial charge in [0.05, 0.1) is 19.1 Å². The highest BCUT2D eigenvalue weighted by atomic mass is 32.1. The Kier molecular flexibility index (Phi) is 7.55. The summed E-state index contributed by atoms with van der Waals surface area (Å²) in [7, 11) is 1.51. The lowest BCUT2D eigenvalue weighted by Crippen LogP contribution is -2.35. The van der Waals surface area contributed by atoms with E-state index < -0.39 is 23.6 Å². The summed E-state index contributed by atoms with van der Waals surface area (Å²) in [6.07, 6.45) is 1.32. The number of anilines is 1. The van der Waals surface area contributed by atoms with Gasteiger partial charge in [-0.3, -0.25) is 9.59 Å². The Morgan fingerprint density at radius 1 is 1.15 bits per heavy atom. The van der Waals surface area contributed by atoms with Gasteiger partial charge in [-0.1, -0.05) is 18.2 Å². The molecule has 0 saturated heterocycles. The number of urea groups is 1. The molecule has 0 bridgehead atoms. The van der Waals surface area contributed by atoms with Crippen LogP contribution in [0.1, 0.15) is 35.4 Å². The van der Waals surface area contributed by atoms with E-state index in [2.05, 4.69) is 10.6 Å². The van der Waals surface area contributed by atoms with Gasteiger partial charge in [0, 0.05) is 23.0 Å². The highest BCUT2D eigenvalue weighted by molar-refractivity contribution is 7.15. The second kappa shape index (κ2) is 10.4. The molecule has 1 aromatic carbocycles. The van der Waals surface area contributed by atoms with E-state index in [1.807, 2.05) is 44.2 Å². The first-order chi connectivity index (χ1) is 15.7. The average molecular weight is 470 g/mol. The van der Waals surface area contributed by atoms with Gasteiger partial charge in [-0.25, -0.2) is 4.79 Å². The van der Waals surface area contributed by atoms with Crippen molar-refractivity contribution in [3.05, 3.63) is 69.0 Å². The first kappa shape index (κ1) is 24.1. The lowest BCUT2D eigenvalue weighted by molar-refractivity contribution is -0.143. The molecule has 0 fully saturated rings. The van der Waals surface area contributed by atoms with Crippen molar-refractivity contribution in [2.45, 2.75) is 33.2 Å². The molecule has 2 amide bonds. The second-order valence-electron chi connectivity index (χ2n) is 7.62. The van der Waals surface area contributed by atoms with Crippen LogP contribution in [-0.4, -0.2) is 28.3 Å². The van der Waals surface area contributed by atoms with Crippen LogP contribution in [0.25, 0.3) is 10.4 Å². The molecule has 0 unspecified atom stereocenters. The maximum absolute atomic E-state index is 12.7. The summed E-state index contributed by atoms with van der Waals surface area (Å²) < 4.78 is 6.32. The van der Waals surface area contributed by atoms with Gasteiger partial charge in [0.15, 0.2) is 5.69 Å². The molecule has 0 aliphatic rings. The number of hydrogen-bond donors (Lipinski definition) is 3. The molecule has 0 aliphatic carbocycles. The van der Waals surface area contributed by atoms with Gasteiger partial charge >= 0.3 is 12.0 Å². The van der Waals surface area contributed by atoms with E-state index in [4.69, 9.17) is 4.74 Å². The standard InChI is InChI=1S/C24H27N3O5S/c1-5-32-20(29)13-16(25-24(31)26-22-17(28)11-12-27(4)23(22)30)18-9-10-19(33-18)21-14(2)7-6-8-15(21)3/h6-12,16,28H,5,13H2,1-4H3,(H2,25,26,31)/t16-/m0/s1. The molecular weight excluding hydrogens is 442 g/mol. The predicted molar refractivity (Wildman–Crippen MR) is 129 cm³/mol. The molecule has 3 N–H and O–H groups in total. The van der Waals surface area contributed by atoms with E-state index in [1.54, 1.807) is 6.92 Å². The predicted octanol–water partition coefficient (Wildman–Crippen LogP) is 4.25. The molecule has 8 nitrogen and oxygen atoms in total. The van der Waals surface area contributed by atoms with Crippen molar-refractivity contribution >= 4 is 29.0 Å². The minimum atomic E-state index is -0.718. The van der Waals surface area contributed by atoms with E-state index in [-0.39, 0.29) is 24.5 Å². The van der Waals surface area contributed by atoms with Crippen LogP contribution < -0.4 is 16.2 Å². The fourth-order valence-corrected chi connectivity index (χ4v) is 4.77. The normalized spacial score (nSPS) is 11.6. The number of nitrogens with one attached hydrogen (secondary N) is 2. The van der Waals surface area contributed by atoms with Crippen LogP contribution in [0.2, 0.25) is 0 Å². The number of aromatic nitrogens is 1. The van der Waals surface area contributed by atoms with Crippen molar-refractivity contribution in [1.29, 1.82) is 0 Å². The van der Waals surface area contributed by atoms with Crippen LogP contribution in [0.15, 0.2) is 47.4 Å². The first-order valence-electron chi connectivity index (χ1n) is 10.5. The minimum absolute atomic E-state index is 0.0766. The number of aromatic hydroxyl groups is 1. The Morgan fingerprint density at radius 3 is 2.52 bits per heavy atom. The number of amides is 2. The molecule has 2 heterocycles. The molecule has 0 aliphatic heterocycles. The van der Waals surface area contributed by atoms with Crippen LogP contribution in [-0.2, 0) is 16.6 Å². The van der Waals surface area contributed by atoms with Gasteiger partial charge in [0.1, 0.15) is 5.75 Å². The maximum atomic E-state index is 12.7. The van der Waals surface area contributed by atoms with Gasteiger partial charge in [0.25, 0.3) is 5.56 Å². The quantitative estimate of drug-likeness (QED) is 0.448. The maximum Gasteiger partial charge on any atom is 0.320 e. The van der Waals surface area contributed by atoms with Crippen LogP contribution >= 0.6 is 11.3 Å². The molecule has 3 aromatic rings. The van der Waals surface area contributed by atoms with Gasteiger partial charge < -0.3 is 25.0 Å². The lowest BCUT2D eigenvalue weighted by atomic mass is 10.0. The van der Waals surface area contributed by atoms with Crippen LogP contribution in [0.5, 0.6) is 5.75 Å². The molecule has 0 radical (unpaired) electrons. The number of pyridine rings is 1. The smallest absolute Gasteiger partial charge is 0.320 e. The molecule has 33 heavy (non-hydrogen) atoms. The largest absolute Gasteiger partial charge is 0.505 e. The van der Waals surface area contributed by atoms with Crippen molar-refractivity contribution in [2.24, 2.45) is 7.05 Å². The van der Waals surface area contributed by atoms with Crippen molar-refractivity contribution in [3.63, 3.8) is 0 Å². The molecular formula is C24H27N3O5S. The zero-order chi connectivity index (χ0) is 24.1. The lowest BCUT2D eigenvalue weighted by Gasteiger charge is -2.18. The average Bonchev–Trinajstić information content (AvgIpc) is 3.23. The Bertz CT molecular complexity index is 1210. The third-order valence-electron chi connectivity index (χ3n) is 5.16. The fourth-order valence-electron chi connectivity index (χ4n) is 3.53. The summed E-state index contributed by atoms with van der Waals surface area (Å²) in [5, 5.41) is 15.1. The molecule has 2 aromatic heterocycles. The highest BCUT2D eigenvalue weighted by Crippen LogP contribution is 2.36. The Morgan fingerprint density at radius 2 is 1.85 bits per heavy atom. The topological polar surface area (TPSA) is 110 Å². The van der Waals surface area contributed by atoms with Gasteiger partial charge in [-0.15, -0.1) is 11.3 Å². The number of nitrogens with zero attached hydrogens (tertiary/aromatic N) is 1. The number of rotatable bonds is 7. The summed E-state index contributed by atoms with van der Waals surface area (Å²) in [6, 6.07) is 9.82. The van der Waals surface area contributed by atoms with Crippen LogP contribution in [0, 0.1) is 13.8 Å². The fraction of sp³-hybridized carbons (Fsp3) is 0.292. The number of aryl methyl sites for hydroxylation is 3. The van der Waals surface area contributed by atoms with Gasteiger partial charge in [-0.2, -0.15) is 0 Å². The van der Waals surface area contributed by atoms with Gasteiger partial charge in [0.2, 0.25) is 0 Å². The van der Waals surface area contributed by atoms with E-state index in [0.29, 0.717) is 0 Å². The number of carbonyl (C=O) groups excluding carboxylic acids is 2. The summed E-state index contributed by atoms with van der Waals surface area (Å²) in [6.45, 7) is 6.02. The first-order valence-corrected chi connectivity index (χ1v) is 11.3. The summed E-state index contributed by atoms with van der Waals surface area (Å²) in [5.41, 5.74) is 2.58. The Balaban J connectivity index is 1.88. The number of carbonyl (C=O) groups is 2. The Hall–Kier alpha value is -3.59. The van der Waals surface area contributed by atoms with Crippen LogP contribution in [0.3, 0.4) is 0 Å². The van der Waals surface area contributed by atoms with Gasteiger partial charge in [-0.05, 0) is 55.7 Å². The molecule has 9 heteroatoms. The number of esters is 1. The number of ether oxygens (including phenoxy) is 1. The molecule has 174 valence electrons. The summed E-state index contributed by atoms with van der Waals surface area (Å²) in [4.78, 5) is 39.0. The number of thiophene rings is 1.